The molecule has 1 amide bonds. The number of rotatable bonds is 4. The van der Waals surface area contributed by atoms with E-state index in [0.29, 0.717) is 6.54 Å². The van der Waals surface area contributed by atoms with Crippen LogP contribution in [0.4, 0.5) is 5.69 Å². The van der Waals surface area contributed by atoms with Crippen molar-refractivity contribution in [2.24, 2.45) is 5.92 Å². The van der Waals surface area contributed by atoms with Gasteiger partial charge in [-0.15, -0.1) is 0 Å². The highest BCUT2D eigenvalue weighted by Gasteiger charge is 2.20. The highest BCUT2D eigenvalue weighted by Crippen LogP contribution is 2.13. The van der Waals surface area contributed by atoms with E-state index in [2.05, 4.69) is 39.8 Å². The van der Waals surface area contributed by atoms with E-state index < -0.39 is 0 Å². The lowest BCUT2D eigenvalue weighted by molar-refractivity contribution is -0.125. The SMILES string of the molecule is CN(C)c1ccc(CNC(=O)[C@H]2CCCNC2)cc1. The number of hydrogen-bond donors (Lipinski definition) is 2. The fourth-order valence-electron chi connectivity index (χ4n) is 2.32. The number of carbonyl (C=O) groups is 1. The first kappa shape index (κ1) is 13.9. The summed E-state index contributed by atoms with van der Waals surface area (Å²) >= 11 is 0. The summed E-state index contributed by atoms with van der Waals surface area (Å²) in [4.78, 5) is 14.1. The molecular formula is C15H23N3O. The van der Waals surface area contributed by atoms with Gasteiger partial charge in [-0.05, 0) is 37.1 Å². The molecule has 0 aliphatic carbocycles. The van der Waals surface area contributed by atoms with E-state index in [9.17, 15) is 4.79 Å². The first-order chi connectivity index (χ1) is 9.16. The number of carbonyl (C=O) groups excluding carboxylic acids is 1. The third-order valence-electron chi connectivity index (χ3n) is 3.59. The Labute approximate surface area is 115 Å². The van der Waals surface area contributed by atoms with Crippen molar-refractivity contribution in [1.82, 2.24) is 10.6 Å². The van der Waals surface area contributed by atoms with Gasteiger partial charge in [-0.25, -0.2) is 0 Å². The first-order valence-electron chi connectivity index (χ1n) is 6.91. The fraction of sp³-hybridized carbons (Fsp3) is 0.533. The van der Waals surface area contributed by atoms with Crippen LogP contribution in [0.1, 0.15) is 18.4 Å². The number of amides is 1. The fourth-order valence-corrected chi connectivity index (χ4v) is 2.32. The summed E-state index contributed by atoms with van der Waals surface area (Å²) in [5.41, 5.74) is 2.31. The van der Waals surface area contributed by atoms with Gasteiger partial charge < -0.3 is 15.5 Å². The monoisotopic (exact) mass is 261 g/mol. The largest absolute Gasteiger partial charge is 0.378 e. The summed E-state index contributed by atoms with van der Waals surface area (Å²) in [6.07, 6.45) is 2.09. The molecule has 0 radical (unpaired) electrons. The molecule has 1 saturated heterocycles. The van der Waals surface area contributed by atoms with Crippen molar-refractivity contribution in [2.75, 3.05) is 32.1 Å². The lowest BCUT2D eigenvalue weighted by Gasteiger charge is -2.22. The van der Waals surface area contributed by atoms with Crippen molar-refractivity contribution in [3.63, 3.8) is 0 Å². The Morgan fingerprint density at radius 3 is 2.68 bits per heavy atom. The molecule has 1 aliphatic rings. The maximum absolute atomic E-state index is 12.0. The van der Waals surface area contributed by atoms with Gasteiger partial charge in [0.15, 0.2) is 0 Å². The predicted octanol–water partition coefficient (Wildman–Crippen LogP) is 1.37. The standard InChI is InChI=1S/C15H23N3O/c1-18(2)14-7-5-12(6-8-14)10-17-15(19)13-4-3-9-16-11-13/h5-8,13,16H,3-4,9-11H2,1-2H3,(H,17,19)/t13-/m0/s1. The van der Waals surface area contributed by atoms with Gasteiger partial charge in [0.05, 0.1) is 5.92 Å². The molecular weight excluding hydrogens is 238 g/mol. The first-order valence-corrected chi connectivity index (χ1v) is 6.91. The van der Waals surface area contributed by atoms with Crippen molar-refractivity contribution in [3.05, 3.63) is 29.8 Å². The maximum atomic E-state index is 12.0. The normalized spacial score (nSPS) is 18.9. The highest BCUT2D eigenvalue weighted by atomic mass is 16.1. The summed E-state index contributed by atoms with van der Waals surface area (Å²) in [7, 11) is 4.04. The molecule has 0 saturated carbocycles. The molecule has 4 heteroatoms. The molecule has 1 heterocycles. The molecule has 1 aromatic carbocycles. The summed E-state index contributed by atoms with van der Waals surface area (Å²) in [5.74, 6) is 0.304. The Morgan fingerprint density at radius 1 is 1.37 bits per heavy atom. The van der Waals surface area contributed by atoms with Crippen molar-refractivity contribution in [2.45, 2.75) is 19.4 Å². The lowest BCUT2D eigenvalue weighted by atomic mass is 9.99. The molecule has 4 nitrogen and oxygen atoms in total. The number of hydrogen-bond acceptors (Lipinski definition) is 3. The molecule has 1 aliphatic heterocycles. The zero-order valence-corrected chi connectivity index (χ0v) is 11.8. The molecule has 0 spiro atoms. The molecule has 0 aromatic heterocycles. The Hall–Kier alpha value is -1.55. The second-order valence-electron chi connectivity index (χ2n) is 5.32. The highest BCUT2D eigenvalue weighted by molar-refractivity contribution is 5.78. The minimum absolute atomic E-state index is 0.134. The average molecular weight is 261 g/mol. The van der Waals surface area contributed by atoms with Crippen LogP contribution >= 0.6 is 0 Å². The zero-order valence-electron chi connectivity index (χ0n) is 11.8. The smallest absolute Gasteiger partial charge is 0.224 e. The van der Waals surface area contributed by atoms with Crippen LogP contribution in [-0.2, 0) is 11.3 Å². The summed E-state index contributed by atoms with van der Waals surface area (Å²) in [6.45, 7) is 2.46. The van der Waals surface area contributed by atoms with Crippen LogP contribution in [0.15, 0.2) is 24.3 Å². The molecule has 2 N–H and O–H groups in total. The van der Waals surface area contributed by atoms with Gasteiger partial charge in [0.25, 0.3) is 0 Å². The molecule has 19 heavy (non-hydrogen) atoms. The number of piperidine rings is 1. The molecule has 1 aromatic rings. The van der Waals surface area contributed by atoms with Gasteiger partial charge in [0.2, 0.25) is 5.91 Å². The Balaban J connectivity index is 1.82. The van der Waals surface area contributed by atoms with Crippen LogP contribution in [0.2, 0.25) is 0 Å². The van der Waals surface area contributed by atoms with Crippen LogP contribution in [0.25, 0.3) is 0 Å². The second-order valence-corrected chi connectivity index (χ2v) is 5.32. The van der Waals surface area contributed by atoms with E-state index in [0.717, 1.165) is 31.5 Å². The van der Waals surface area contributed by atoms with E-state index >= 15 is 0 Å². The Kier molecular flexibility index (Phi) is 4.80. The van der Waals surface area contributed by atoms with Gasteiger partial charge >= 0.3 is 0 Å². The molecule has 1 atom stereocenters. The van der Waals surface area contributed by atoms with E-state index in [-0.39, 0.29) is 11.8 Å². The van der Waals surface area contributed by atoms with Crippen LogP contribution < -0.4 is 15.5 Å². The van der Waals surface area contributed by atoms with Crippen molar-refractivity contribution < 1.29 is 4.79 Å². The van der Waals surface area contributed by atoms with Gasteiger partial charge in [-0.3, -0.25) is 4.79 Å². The van der Waals surface area contributed by atoms with Gasteiger partial charge in [0.1, 0.15) is 0 Å². The Bertz CT molecular complexity index is 408. The predicted molar refractivity (Wildman–Crippen MR) is 78.2 cm³/mol. The van der Waals surface area contributed by atoms with Crippen molar-refractivity contribution >= 4 is 11.6 Å². The van der Waals surface area contributed by atoms with Gasteiger partial charge in [-0.1, -0.05) is 12.1 Å². The molecule has 104 valence electrons. The topological polar surface area (TPSA) is 44.4 Å². The van der Waals surface area contributed by atoms with E-state index in [1.54, 1.807) is 0 Å². The summed E-state index contributed by atoms with van der Waals surface area (Å²) < 4.78 is 0. The van der Waals surface area contributed by atoms with Crippen molar-refractivity contribution in [1.29, 1.82) is 0 Å². The van der Waals surface area contributed by atoms with Crippen LogP contribution in [0, 0.1) is 5.92 Å². The molecule has 0 bridgehead atoms. The van der Waals surface area contributed by atoms with Crippen LogP contribution in [-0.4, -0.2) is 33.1 Å². The van der Waals surface area contributed by atoms with Crippen LogP contribution in [0.5, 0.6) is 0 Å². The van der Waals surface area contributed by atoms with E-state index in [1.807, 2.05) is 14.1 Å². The minimum Gasteiger partial charge on any atom is -0.378 e. The van der Waals surface area contributed by atoms with E-state index in [1.165, 1.54) is 5.69 Å². The maximum Gasteiger partial charge on any atom is 0.224 e. The minimum atomic E-state index is 0.134. The third kappa shape index (κ3) is 3.96. The second kappa shape index (κ2) is 6.57. The molecule has 1 fully saturated rings. The van der Waals surface area contributed by atoms with Crippen LogP contribution in [0.3, 0.4) is 0 Å². The average Bonchev–Trinajstić information content (AvgIpc) is 2.46. The quantitative estimate of drug-likeness (QED) is 0.860. The summed E-state index contributed by atoms with van der Waals surface area (Å²) in [5, 5.41) is 6.29. The Morgan fingerprint density at radius 2 is 2.11 bits per heavy atom. The zero-order chi connectivity index (χ0) is 13.7. The third-order valence-corrected chi connectivity index (χ3v) is 3.59. The van der Waals surface area contributed by atoms with Gasteiger partial charge in [-0.2, -0.15) is 0 Å². The van der Waals surface area contributed by atoms with Crippen molar-refractivity contribution in [3.8, 4) is 0 Å². The molecule has 2 rings (SSSR count). The number of nitrogens with zero attached hydrogens (tertiary/aromatic N) is 1. The number of nitrogens with one attached hydrogen (secondary N) is 2. The molecule has 0 unspecified atom stereocenters. The lowest BCUT2D eigenvalue weighted by Crippen LogP contribution is -2.40. The van der Waals surface area contributed by atoms with E-state index in [4.69, 9.17) is 0 Å². The number of benzene rings is 1. The van der Waals surface area contributed by atoms with Gasteiger partial charge in [0, 0.05) is 32.9 Å². The summed E-state index contributed by atoms with van der Waals surface area (Å²) in [6, 6.07) is 8.27. The number of anilines is 1.